The number of nitrogens with one attached hydrogen (secondary N) is 2. The Morgan fingerprint density at radius 2 is 2.04 bits per heavy atom. The predicted molar refractivity (Wildman–Crippen MR) is 102 cm³/mol. The van der Waals surface area contributed by atoms with E-state index in [2.05, 4.69) is 15.6 Å². The van der Waals surface area contributed by atoms with Crippen molar-refractivity contribution in [3.8, 4) is 0 Å². The summed E-state index contributed by atoms with van der Waals surface area (Å²) in [6.45, 7) is 0.692. The molecule has 1 atom stereocenters. The number of aromatic nitrogens is 1. The van der Waals surface area contributed by atoms with Gasteiger partial charge in [0, 0.05) is 37.3 Å². The molecule has 0 bridgehead atoms. The molecule has 27 heavy (non-hydrogen) atoms. The van der Waals surface area contributed by atoms with Gasteiger partial charge in [-0.3, -0.25) is 9.78 Å². The Morgan fingerprint density at radius 1 is 1.22 bits per heavy atom. The summed E-state index contributed by atoms with van der Waals surface area (Å²) in [5.41, 5.74) is 2.89. The number of urea groups is 1. The third-order valence-corrected chi connectivity index (χ3v) is 4.60. The molecule has 3 amide bonds. The first-order valence-electron chi connectivity index (χ1n) is 9.12. The fraction of sp³-hybridized carbons (Fsp3) is 0.350. The molecule has 0 saturated carbocycles. The largest absolute Gasteiger partial charge is 0.396 e. The number of aliphatic hydroxyl groups excluding tert-OH is 1. The number of aryl methyl sites for hydroxylation is 2. The average molecular weight is 368 g/mol. The SMILES string of the molecule is O=C1NCCN(C(=O)Nc2ccc(CCc3ccccn3)cc2)C1CCO. The summed E-state index contributed by atoms with van der Waals surface area (Å²) in [4.78, 5) is 30.3. The molecule has 7 heteroatoms. The Bertz CT molecular complexity index is 765. The maximum absolute atomic E-state index is 12.5. The van der Waals surface area contributed by atoms with E-state index >= 15 is 0 Å². The molecule has 1 aliphatic rings. The van der Waals surface area contributed by atoms with E-state index in [9.17, 15) is 9.59 Å². The van der Waals surface area contributed by atoms with Crippen LogP contribution in [0.5, 0.6) is 0 Å². The number of benzene rings is 1. The molecule has 2 heterocycles. The van der Waals surface area contributed by atoms with Gasteiger partial charge in [0.05, 0.1) is 0 Å². The van der Waals surface area contributed by atoms with E-state index < -0.39 is 6.04 Å². The molecular formula is C20H24N4O3. The van der Waals surface area contributed by atoms with Crippen molar-refractivity contribution in [3.63, 3.8) is 0 Å². The van der Waals surface area contributed by atoms with E-state index in [0.29, 0.717) is 18.8 Å². The van der Waals surface area contributed by atoms with E-state index in [1.807, 2.05) is 42.5 Å². The van der Waals surface area contributed by atoms with Gasteiger partial charge in [-0.1, -0.05) is 18.2 Å². The first-order valence-corrected chi connectivity index (χ1v) is 9.12. The number of hydrogen-bond acceptors (Lipinski definition) is 4. The molecule has 1 aromatic heterocycles. The quantitative estimate of drug-likeness (QED) is 0.722. The maximum atomic E-state index is 12.5. The Hall–Kier alpha value is -2.93. The van der Waals surface area contributed by atoms with Crippen LogP contribution in [0.1, 0.15) is 17.7 Å². The van der Waals surface area contributed by atoms with E-state index in [-0.39, 0.29) is 25.0 Å². The number of rotatable bonds is 6. The van der Waals surface area contributed by atoms with Gasteiger partial charge in [0.1, 0.15) is 6.04 Å². The van der Waals surface area contributed by atoms with E-state index in [1.165, 1.54) is 4.90 Å². The van der Waals surface area contributed by atoms with Gasteiger partial charge in [-0.15, -0.1) is 0 Å². The van der Waals surface area contributed by atoms with Gasteiger partial charge in [0.2, 0.25) is 5.91 Å². The topological polar surface area (TPSA) is 94.6 Å². The van der Waals surface area contributed by atoms with Crippen LogP contribution in [0.2, 0.25) is 0 Å². The van der Waals surface area contributed by atoms with E-state index in [1.54, 1.807) is 6.20 Å². The fourth-order valence-electron chi connectivity index (χ4n) is 3.14. The molecule has 1 saturated heterocycles. The van der Waals surface area contributed by atoms with Gasteiger partial charge in [-0.25, -0.2) is 4.79 Å². The molecule has 0 radical (unpaired) electrons. The molecule has 3 N–H and O–H groups in total. The van der Waals surface area contributed by atoms with Crippen molar-refractivity contribution in [3.05, 3.63) is 59.9 Å². The standard InChI is InChI=1S/C20H24N4O3/c25-14-10-18-19(26)22-12-13-24(18)20(27)23-17-8-5-15(6-9-17)4-7-16-3-1-2-11-21-16/h1-3,5-6,8-9,11,18,25H,4,7,10,12-14H2,(H,22,26)(H,23,27). The highest BCUT2D eigenvalue weighted by molar-refractivity contribution is 5.94. The Morgan fingerprint density at radius 3 is 2.74 bits per heavy atom. The summed E-state index contributed by atoms with van der Waals surface area (Å²) in [7, 11) is 0. The molecule has 0 spiro atoms. The van der Waals surface area contributed by atoms with Gasteiger partial charge in [-0.2, -0.15) is 0 Å². The highest BCUT2D eigenvalue weighted by atomic mass is 16.3. The monoisotopic (exact) mass is 368 g/mol. The molecule has 7 nitrogen and oxygen atoms in total. The number of aliphatic hydroxyl groups is 1. The summed E-state index contributed by atoms with van der Waals surface area (Å²) in [5.74, 6) is -0.227. The summed E-state index contributed by atoms with van der Waals surface area (Å²) in [6, 6.07) is 12.6. The van der Waals surface area contributed by atoms with E-state index in [4.69, 9.17) is 5.11 Å². The van der Waals surface area contributed by atoms with Crippen LogP contribution in [0.3, 0.4) is 0 Å². The van der Waals surface area contributed by atoms with Gasteiger partial charge < -0.3 is 20.6 Å². The number of carbonyl (C=O) groups is 2. The van der Waals surface area contributed by atoms with Crippen LogP contribution in [-0.4, -0.2) is 52.7 Å². The zero-order chi connectivity index (χ0) is 19.1. The fourth-order valence-corrected chi connectivity index (χ4v) is 3.14. The lowest BCUT2D eigenvalue weighted by Crippen LogP contribution is -2.58. The molecule has 3 rings (SSSR count). The number of anilines is 1. The molecular weight excluding hydrogens is 344 g/mol. The van der Waals surface area contributed by atoms with Crippen molar-refractivity contribution in [1.29, 1.82) is 0 Å². The first kappa shape index (κ1) is 18.8. The Kier molecular flexibility index (Phi) is 6.38. The molecule has 1 aromatic carbocycles. The minimum atomic E-state index is -0.638. The summed E-state index contributed by atoms with van der Waals surface area (Å²) in [5, 5.41) is 14.7. The van der Waals surface area contributed by atoms with Crippen LogP contribution in [-0.2, 0) is 17.6 Å². The second-order valence-corrected chi connectivity index (χ2v) is 6.46. The van der Waals surface area contributed by atoms with Crippen LogP contribution in [0.15, 0.2) is 48.7 Å². The Balaban J connectivity index is 1.57. The minimum absolute atomic E-state index is 0.146. The van der Waals surface area contributed by atoms with Crippen molar-refractivity contribution < 1.29 is 14.7 Å². The van der Waals surface area contributed by atoms with Crippen molar-refractivity contribution in [1.82, 2.24) is 15.2 Å². The van der Waals surface area contributed by atoms with Crippen LogP contribution < -0.4 is 10.6 Å². The van der Waals surface area contributed by atoms with Crippen molar-refractivity contribution >= 4 is 17.6 Å². The van der Waals surface area contributed by atoms with Gasteiger partial charge >= 0.3 is 6.03 Å². The number of nitrogens with zero attached hydrogens (tertiary/aromatic N) is 2. The zero-order valence-electron chi connectivity index (χ0n) is 15.1. The molecule has 1 fully saturated rings. The number of hydrogen-bond donors (Lipinski definition) is 3. The van der Waals surface area contributed by atoms with Gasteiger partial charge in [0.15, 0.2) is 0 Å². The predicted octanol–water partition coefficient (Wildman–Crippen LogP) is 1.58. The number of pyridine rings is 1. The number of carbonyl (C=O) groups excluding carboxylic acids is 2. The van der Waals surface area contributed by atoms with E-state index in [0.717, 1.165) is 24.1 Å². The zero-order valence-corrected chi connectivity index (χ0v) is 15.1. The van der Waals surface area contributed by atoms with Crippen LogP contribution in [0.4, 0.5) is 10.5 Å². The second kappa shape index (κ2) is 9.14. The van der Waals surface area contributed by atoms with Crippen LogP contribution >= 0.6 is 0 Å². The Labute approximate surface area is 158 Å². The molecule has 2 aromatic rings. The minimum Gasteiger partial charge on any atom is -0.396 e. The smallest absolute Gasteiger partial charge is 0.322 e. The second-order valence-electron chi connectivity index (χ2n) is 6.46. The van der Waals surface area contributed by atoms with Crippen molar-refractivity contribution in [2.24, 2.45) is 0 Å². The van der Waals surface area contributed by atoms with Crippen molar-refractivity contribution in [2.45, 2.75) is 25.3 Å². The third kappa shape index (κ3) is 5.04. The van der Waals surface area contributed by atoms with Crippen LogP contribution in [0, 0.1) is 0 Å². The summed E-state index contributed by atoms with van der Waals surface area (Å²) in [6.07, 6.45) is 3.75. The molecule has 0 aliphatic carbocycles. The highest BCUT2D eigenvalue weighted by Crippen LogP contribution is 2.15. The lowest BCUT2D eigenvalue weighted by Gasteiger charge is -2.34. The summed E-state index contributed by atoms with van der Waals surface area (Å²) < 4.78 is 0. The lowest BCUT2D eigenvalue weighted by molar-refractivity contribution is -0.128. The van der Waals surface area contributed by atoms with Gasteiger partial charge in [0.25, 0.3) is 0 Å². The summed E-state index contributed by atoms with van der Waals surface area (Å²) >= 11 is 0. The molecule has 142 valence electrons. The van der Waals surface area contributed by atoms with Crippen LogP contribution in [0.25, 0.3) is 0 Å². The molecule has 1 unspecified atom stereocenters. The average Bonchev–Trinajstić information content (AvgIpc) is 2.70. The number of amides is 3. The third-order valence-electron chi connectivity index (χ3n) is 4.60. The normalized spacial score (nSPS) is 16.7. The van der Waals surface area contributed by atoms with Crippen molar-refractivity contribution in [2.75, 3.05) is 25.0 Å². The highest BCUT2D eigenvalue weighted by Gasteiger charge is 2.32. The maximum Gasteiger partial charge on any atom is 0.322 e. The lowest BCUT2D eigenvalue weighted by atomic mass is 10.1. The molecule has 1 aliphatic heterocycles. The number of piperazine rings is 1. The first-order chi connectivity index (χ1) is 13.2. The van der Waals surface area contributed by atoms with Gasteiger partial charge in [-0.05, 0) is 49.1 Å².